The Morgan fingerprint density at radius 3 is 2.15 bits per heavy atom. The van der Waals surface area contributed by atoms with Crippen molar-refractivity contribution in [2.45, 2.75) is 33.7 Å². The summed E-state index contributed by atoms with van der Waals surface area (Å²) in [6, 6.07) is 11.9. The summed E-state index contributed by atoms with van der Waals surface area (Å²) in [5.74, 6) is -1.08. The number of benzene rings is 2. The molecule has 2 rings (SSSR count). The second-order valence-electron chi connectivity index (χ2n) is 6.60. The van der Waals surface area contributed by atoms with E-state index in [1.54, 1.807) is 31.2 Å². The van der Waals surface area contributed by atoms with Gasteiger partial charge in [-0.1, -0.05) is 35.9 Å². The third-order valence-electron chi connectivity index (χ3n) is 4.14. The molecule has 3 amide bonds. The number of hydrogen-bond acceptors (Lipinski definition) is 3. The first-order chi connectivity index (χ1) is 12.8. The first kappa shape index (κ1) is 20.2. The first-order valence-corrected chi connectivity index (χ1v) is 8.79. The van der Waals surface area contributed by atoms with Crippen LogP contribution in [0, 0.1) is 20.8 Å². The fraction of sp³-hybridized carbons (Fsp3) is 0.286. The van der Waals surface area contributed by atoms with Gasteiger partial charge in [-0.25, -0.2) is 0 Å². The fourth-order valence-electron chi connectivity index (χ4n) is 2.82. The van der Waals surface area contributed by atoms with E-state index in [0.717, 1.165) is 22.4 Å². The summed E-state index contributed by atoms with van der Waals surface area (Å²) in [7, 11) is 0. The van der Waals surface area contributed by atoms with Crippen LogP contribution in [0.4, 0.5) is 5.69 Å². The Morgan fingerprint density at radius 2 is 1.56 bits per heavy atom. The molecule has 1 unspecified atom stereocenters. The quantitative estimate of drug-likeness (QED) is 0.733. The molecule has 0 fully saturated rings. The number of carbonyl (C=O) groups excluding carboxylic acids is 3. The lowest BCUT2D eigenvalue weighted by atomic mass is 10.1. The largest absolute Gasteiger partial charge is 0.345 e. The van der Waals surface area contributed by atoms with Crippen molar-refractivity contribution in [3.05, 3.63) is 64.7 Å². The van der Waals surface area contributed by atoms with Gasteiger partial charge in [0.2, 0.25) is 11.8 Å². The van der Waals surface area contributed by atoms with Crippen LogP contribution in [-0.2, 0) is 9.59 Å². The molecule has 0 saturated heterocycles. The van der Waals surface area contributed by atoms with E-state index in [1.165, 1.54) is 0 Å². The van der Waals surface area contributed by atoms with Crippen molar-refractivity contribution in [2.75, 3.05) is 11.9 Å². The highest BCUT2D eigenvalue weighted by atomic mass is 16.2. The van der Waals surface area contributed by atoms with Gasteiger partial charge in [-0.3, -0.25) is 14.4 Å². The van der Waals surface area contributed by atoms with Gasteiger partial charge >= 0.3 is 0 Å². The predicted molar refractivity (Wildman–Crippen MR) is 106 cm³/mol. The van der Waals surface area contributed by atoms with E-state index in [0.29, 0.717) is 5.56 Å². The monoisotopic (exact) mass is 367 g/mol. The molecule has 2 aromatic rings. The van der Waals surface area contributed by atoms with Crippen LogP contribution in [-0.4, -0.2) is 30.3 Å². The molecule has 6 heteroatoms. The molecule has 0 radical (unpaired) electrons. The third kappa shape index (κ3) is 5.67. The number of amides is 3. The Kier molecular flexibility index (Phi) is 6.71. The van der Waals surface area contributed by atoms with Crippen LogP contribution in [0.15, 0.2) is 42.5 Å². The number of carbonyl (C=O) groups is 3. The predicted octanol–water partition coefficient (Wildman–Crippen LogP) is 2.49. The molecule has 3 N–H and O–H groups in total. The smallest absolute Gasteiger partial charge is 0.251 e. The van der Waals surface area contributed by atoms with Crippen molar-refractivity contribution >= 4 is 23.4 Å². The van der Waals surface area contributed by atoms with Crippen molar-refractivity contribution in [3.63, 3.8) is 0 Å². The lowest BCUT2D eigenvalue weighted by molar-refractivity contribution is -0.125. The minimum atomic E-state index is -0.756. The van der Waals surface area contributed by atoms with Crippen LogP contribution in [0.5, 0.6) is 0 Å². The molecule has 0 saturated carbocycles. The zero-order valence-electron chi connectivity index (χ0n) is 16.1. The number of rotatable bonds is 6. The Morgan fingerprint density at radius 1 is 0.963 bits per heavy atom. The standard InChI is InChI=1S/C21H25N3O3/c1-13-10-14(2)19(15(3)11-13)24-18(25)12-22-20(26)16(4)23-21(27)17-8-6-5-7-9-17/h5-11,16H,12H2,1-4H3,(H,22,26)(H,23,27)(H,24,25). The minimum absolute atomic E-state index is 0.170. The number of anilines is 1. The molecular formula is C21H25N3O3. The lowest BCUT2D eigenvalue weighted by Gasteiger charge is -2.15. The zero-order chi connectivity index (χ0) is 20.0. The number of aryl methyl sites for hydroxylation is 3. The van der Waals surface area contributed by atoms with Crippen LogP contribution in [0.1, 0.15) is 34.0 Å². The van der Waals surface area contributed by atoms with Gasteiger partial charge in [0.1, 0.15) is 6.04 Å². The van der Waals surface area contributed by atoms with Crippen LogP contribution in [0.3, 0.4) is 0 Å². The average Bonchev–Trinajstić information content (AvgIpc) is 2.63. The molecule has 0 heterocycles. The maximum atomic E-state index is 12.2. The molecule has 1 atom stereocenters. The van der Waals surface area contributed by atoms with Crippen LogP contribution in [0.2, 0.25) is 0 Å². The van der Waals surface area contributed by atoms with E-state index in [-0.39, 0.29) is 18.4 Å². The van der Waals surface area contributed by atoms with Gasteiger partial charge in [0.05, 0.1) is 6.54 Å². The number of hydrogen-bond donors (Lipinski definition) is 3. The molecule has 27 heavy (non-hydrogen) atoms. The van der Waals surface area contributed by atoms with E-state index in [1.807, 2.05) is 39.0 Å². The number of nitrogens with one attached hydrogen (secondary N) is 3. The van der Waals surface area contributed by atoms with Gasteiger partial charge in [0.15, 0.2) is 0 Å². The van der Waals surface area contributed by atoms with Crippen LogP contribution >= 0.6 is 0 Å². The molecule has 0 aromatic heterocycles. The van der Waals surface area contributed by atoms with E-state index >= 15 is 0 Å². The minimum Gasteiger partial charge on any atom is -0.345 e. The van der Waals surface area contributed by atoms with Crippen molar-refractivity contribution in [3.8, 4) is 0 Å². The molecule has 6 nitrogen and oxygen atoms in total. The fourth-order valence-corrected chi connectivity index (χ4v) is 2.82. The summed E-state index contributed by atoms with van der Waals surface area (Å²) in [5, 5.41) is 7.98. The molecule has 142 valence electrons. The highest BCUT2D eigenvalue weighted by Gasteiger charge is 2.17. The van der Waals surface area contributed by atoms with Crippen molar-refractivity contribution in [1.82, 2.24) is 10.6 Å². The van der Waals surface area contributed by atoms with Gasteiger partial charge < -0.3 is 16.0 Å². The maximum absolute atomic E-state index is 12.2. The SMILES string of the molecule is Cc1cc(C)c(NC(=O)CNC(=O)C(C)NC(=O)c2ccccc2)c(C)c1. The third-order valence-corrected chi connectivity index (χ3v) is 4.14. The molecule has 0 aliphatic carbocycles. The Hall–Kier alpha value is -3.15. The summed E-state index contributed by atoms with van der Waals surface area (Å²) in [6.45, 7) is 7.25. The van der Waals surface area contributed by atoms with E-state index in [2.05, 4.69) is 16.0 Å². The molecule has 0 bridgehead atoms. The Bertz CT molecular complexity index is 824. The topological polar surface area (TPSA) is 87.3 Å². The van der Waals surface area contributed by atoms with Crippen molar-refractivity contribution in [1.29, 1.82) is 0 Å². The van der Waals surface area contributed by atoms with Gasteiger partial charge in [0, 0.05) is 11.3 Å². The molecule has 0 spiro atoms. The van der Waals surface area contributed by atoms with Gasteiger partial charge in [0.25, 0.3) is 5.91 Å². The zero-order valence-corrected chi connectivity index (χ0v) is 16.1. The Labute approximate surface area is 159 Å². The normalized spacial score (nSPS) is 11.4. The summed E-state index contributed by atoms with van der Waals surface area (Å²) in [6.07, 6.45) is 0. The van der Waals surface area contributed by atoms with E-state index < -0.39 is 11.9 Å². The van der Waals surface area contributed by atoms with Gasteiger partial charge in [-0.2, -0.15) is 0 Å². The Balaban J connectivity index is 1.86. The van der Waals surface area contributed by atoms with Gasteiger partial charge in [-0.05, 0) is 51.0 Å². The van der Waals surface area contributed by atoms with E-state index in [4.69, 9.17) is 0 Å². The summed E-state index contributed by atoms with van der Waals surface area (Å²) >= 11 is 0. The molecule has 0 aliphatic heterocycles. The average molecular weight is 367 g/mol. The van der Waals surface area contributed by atoms with Crippen LogP contribution < -0.4 is 16.0 Å². The molecule has 0 aliphatic rings. The van der Waals surface area contributed by atoms with Crippen LogP contribution in [0.25, 0.3) is 0 Å². The highest BCUT2D eigenvalue weighted by Crippen LogP contribution is 2.21. The highest BCUT2D eigenvalue weighted by molar-refractivity contribution is 5.99. The maximum Gasteiger partial charge on any atom is 0.251 e. The first-order valence-electron chi connectivity index (χ1n) is 8.79. The summed E-state index contributed by atoms with van der Waals surface area (Å²) in [4.78, 5) is 36.4. The summed E-state index contributed by atoms with van der Waals surface area (Å²) in [5.41, 5.74) is 4.29. The lowest BCUT2D eigenvalue weighted by Crippen LogP contribution is -2.46. The summed E-state index contributed by atoms with van der Waals surface area (Å²) < 4.78 is 0. The van der Waals surface area contributed by atoms with Crippen molar-refractivity contribution < 1.29 is 14.4 Å². The van der Waals surface area contributed by atoms with E-state index in [9.17, 15) is 14.4 Å². The second-order valence-corrected chi connectivity index (χ2v) is 6.60. The van der Waals surface area contributed by atoms with Crippen molar-refractivity contribution in [2.24, 2.45) is 0 Å². The second kappa shape index (κ2) is 8.98. The molecule has 2 aromatic carbocycles. The molecular weight excluding hydrogens is 342 g/mol. The van der Waals surface area contributed by atoms with Gasteiger partial charge in [-0.15, -0.1) is 0 Å².